The average molecular weight is 357 g/mol. The molecule has 0 spiro atoms. The van der Waals surface area contributed by atoms with Crippen molar-refractivity contribution in [1.82, 2.24) is 0 Å². The van der Waals surface area contributed by atoms with Gasteiger partial charge < -0.3 is 14.3 Å². The Morgan fingerprint density at radius 1 is 1.33 bits per heavy atom. The Bertz CT molecular complexity index is 857. The van der Waals surface area contributed by atoms with E-state index in [0.717, 1.165) is 23.4 Å². The lowest BCUT2D eigenvalue weighted by molar-refractivity contribution is -0.132. The highest BCUT2D eigenvalue weighted by Gasteiger charge is 2.31. The molecule has 1 aromatic carbocycles. The molecule has 0 bridgehead atoms. The van der Waals surface area contributed by atoms with Crippen molar-refractivity contribution in [3.05, 3.63) is 30.1 Å². The van der Waals surface area contributed by atoms with Crippen LogP contribution in [0.15, 0.2) is 28.7 Å². The second-order valence-electron chi connectivity index (χ2n) is 4.88. The molecule has 1 N–H and O–H groups in total. The number of aromatic hydroxyl groups is 1. The molecule has 0 aliphatic heterocycles. The van der Waals surface area contributed by atoms with Crippen LogP contribution in [0.3, 0.4) is 0 Å². The molecular weight excluding hydrogens is 341 g/mol. The topological polar surface area (TPSA) is 97.1 Å². The predicted molar refractivity (Wildman–Crippen MR) is 84.9 cm³/mol. The third-order valence-corrected chi connectivity index (χ3v) is 4.97. The van der Waals surface area contributed by atoms with E-state index in [9.17, 15) is 22.7 Å². The quantitative estimate of drug-likeness (QED) is 0.826. The van der Waals surface area contributed by atoms with Gasteiger partial charge in [-0.1, -0.05) is 0 Å². The SMILES string of the molecule is CCS(=O)(=O)N(C)c1oc(-c2ccc(F)cc2)c(O)c1OC(C)=O. The van der Waals surface area contributed by atoms with Gasteiger partial charge in [0.2, 0.25) is 21.5 Å². The minimum Gasteiger partial charge on any atom is -0.502 e. The Labute approximate surface area is 138 Å². The second-order valence-corrected chi connectivity index (χ2v) is 7.17. The molecule has 0 saturated heterocycles. The number of carbonyl (C=O) groups is 1. The molecule has 1 heterocycles. The summed E-state index contributed by atoms with van der Waals surface area (Å²) in [7, 11) is -2.52. The lowest BCUT2D eigenvalue weighted by Crippen LogP contribution is -2.28. The number of nitrogens with zero attached hydrogens (tertiary/aromatic N) is 1. The molecule has 130 valence electrons. The first-order valence-electron chi connectivity index (χ1n) is 6.94. The van der Waals surface area contributed by atoms with Gasteiger partial charge in [0.25, 0.3) is 5.88 Å². The van der Waals surface area contributed by atoms with Crippen LogP contribution in [-0.4, -0.2) is 32.3 Å². The van der Waals surface area contributed by atoms with Crippen LogP contribution in [0.5, 0.6) is 11.5 Å². The molecular formula is C15H16FNO6S. The summed E-state index contributed by atoms with van der Waals surface area (Å²) in [5.74, 6) is -2.93. The lowest BCUT2D eigenvalue weighted by Gasteiger charge is -2.16. The fourth-order valence-corrected chi connectivity index (χ4v) is 2.72. The van der Waals surface area contributed by atoms with Crippen molar-refractivity contribution in [3.63, 3.8) is 0 Å². The number of hydrogen-bond acceptors (Lipinski definition) is 6. The molecule has 24 heavy (non-hydrogen) atoms. The molecule has 0 atom stereocenters. The zero-order chi connectivity index (χ0) is 18.1. The van der Waals surface area contributed by atoms with Crippen molar-refractivity contribution < 1.29 is 31.9 Å². The van der Waals surface area contributed by atoms with Gasteiger partial charge in [-0.15, -0.1) is 0 Å². The van der Waals surface area contributed by atoms with Crippen molar-refractivity contribution in [2.24, 2.45) is 0 Å². The zero-order valence-electron chi connectivity index (χ0n) is 13.2. The summed E-state index contributed by atoms with van der Waals surface area (Å²) < 4.78 is 48.2. The van der Waals surface area contributed by atoms with Gasteiger partial charge in [-0.3, -0.25) is 4.79 Å². The van der Waals surface area contributed by atoms with Crippen molar-refractivity contribution in [2.75, 3.05) is 17.1 Å². The predicted octanol–water partition coefficient (Wildman–Crippen LogP) is 2.50. The van der Waals surface area contributed by atoms with E-state index in [1.54, 1.807) is 0 Å². The molecule has 0 amide bonds. The lowest BCUT2D eigenvalue weighted by atomic mass is 10.1. The molecule has 9 heteroatoms. The molecule has 0 radical (unpaired) electrons. The van der Waals surface area contributed by atoms with E-state index in [-0.39, 0.29) is 23.0 Å². The molecule has 0 aliphatic rings. The van der Waals surface area contributed by atoms with E-state index in [4.69, 9.17) is 9.15 Å². The summed E-state index contributed by atoms with van der Waals surface area (Å²) in [5, 5.41) is 10.3. The zero-order valence-corrected chi connectivity index (χ0v) is 14.1. The number of benzene rings is 1. The van der Waals surface area contributed by atoms with Gasteiger partial charge in [-0.25, -0.2) is 17.1 Å². The summed E-state index contributed by atoms with van der Waals surface area (Å²) in [6.45, 7) is 2.53. The molecule has 0 fully saturated rings. The van der Waals surface area contributed by atoms with Crippen LogP contribution in [0.2, 0.25) is 0 Å². The van der Waals surface area contributed by atoms with Gasteiger partial charge in [-0.05, 0) is 31.2 Å². The number of anilines is 1. The van der Waals surface area contributed by atoms with E-state index in [0.29, 0.717) is 0 Å². The Balaban J connectivity index is 2.63. The van der Waals surface area contributed by atoms with Crippen LogP contribution in [0.1, 0.15) is 13.8 Å². The Hall–Kier alpha value is -2.55. The van der Waals surface area contributed by atoms with E-state index >= 15 is 0 Å². The highest BCUT2D eigenvalue weighted by atomic mass is 32.2. The van der Waals surface area contributed by atoms with E-state index in [1.807, 2.05) is 0 Å². The molecule has 2 rings (SSSR count). The van der Waals surface area contributed by atoms with Crippen LogP contribution in [-0.2, 0) is 14.8 Å². The third-order valence-electron chi connectivity index (χ3n) is 3.24. The van der Waals surface area contributed by atoms with Crippen LogP contribution in [0, 0.1) is 5.82 Å². The van der Waals surface area contributed by atoms with E-state index in [2.05, 4.69) is 0 Å². The number of rotatable bonds is 5. The fraction of sp³-hybridized carbons (Fsp3) is 0.267. The van der Waals surface area contributed by atoms with E-state index < -0.39 is 33.3 Å². The Kier molecular flexibility index (Phi) is 4.83. The molecule has 7 nitrogen and oxygen atoms in total. The number of ether oxygens (including phenoxy) is 1. The molecule has 2 aromatic rings. The van der Waals surface area contributed by atoms with Gasteiger partial charge >= 0.3 is 5.97 Å². The van der Waals surface area contributed by atoms with Crippen molar-refractivity contribution in [1.29, 1.82) is 0 Å². The standard InChI is InChI=1S/C15H16FNO6S/c1-4-24(20,21)17(3)15-14(22-9(2)18)12(19)13(23-15)10-5-7-11(16)8-6-10/h5-8,19H,4H2,1-3H3. The summed E-state index contributed by atoms with van der Waals surface area (Å²) in [4.78, 5) is 11.3. The van der Waals surface area contributed by atoms with Gasteiger partial charge in [0, 0.05) is 19.5 Å². The van der Waals surface area contributed by atoms with Gasteiger partial charge in [0.1, 0.15) is 5.82 Å². The van der Waals surface area contributed by atoms with Gasteiger partial charge in [0.15, 0.2) is 5.76 Å². The van der Waals surface area contributed by atoms with Crippen LogP contribution in [0.4, 0.5) is 10.3 Å². The number of sulfonamides is 1. The first kappa shape index (κ1) is 17.8. The summed E-state index contributed by atoms with van der Waals surface area (Å²) in [6, 6.07) is 4.97. The minimum absolute atomic E-state index is 0.139. The van der Waals surface area contributed by atoms with Crippen molar-refractivity contribution in [2.45, 2.75) is 13.8 Å². The summed E-state index contributed by atoms with van der Waals surface area (Å²) >= 11 is 0. The first-order chi connectivity index (χ1) is 11.2. The maximum atomic E-state index is 13.0. The molecule has 1 aromatic heterocycles. The second kappa shape index (κ2) is 6.52. The van der Waals surface area contributed by atoms with Gasteiger partial charge in [0.05, 0.1) is 5.75 Å². The summed E-state index contributed by atoms with van der Waals surface area (Å²) in [6.07, 6.45) is 0. The third kappa shape index (κ3) is 3.35. The maximum Gasteiger partial charge on any atom is 0.308 e. The maximum absolute atomic E-state index is 13.0. The monoisotopic (exact) mass is 357 g/mol. The van der Waals surface area contributed by atoms with Crippen LogP contribution in [0.25, 0.3) is 11.3 Å². The van der Waals surface area contributed by atoms with Crippen LogP contribution < -0.4 is 9.04 Å². The number of esters is 1. The minimum atomic E-state index is -3.72. The van der Waals surface area contributed by atoms with Crippen molar-refractivity contribution in [3.8, 4) is 22.8 Å². The first-order valence-corrected chi connectivity index (χ1v) is 8.55. The molecule has 0 unspecified atom stereocenters. The molecule has 0 aliphatic carbocycles. The normalized spacial score (nSPS) is 11.3. The Morgan fingerprint density at radius 2 is 1.92 bits per heavy atom. The number of furan rings is 1. The largest absolute Gasteiger partial charge is 0.502 e. The smallest absolute Gasteiger partial charge is 0.308 e. The van der Waals surface area contributed by atoms with Crippen LogP contribution >= 0.6 is 0 Å². The Morgan fingerprint density at radius 3 is 2.42 bits per heavy atom. The molecule has 0 saturated carbocycles. The number of halogens is 1. The number of carbonyl (C=O) groups excluding carboxylic acids is 1. The highest BCUT2D eigenvalue weighted by molar-refractivity contribution is 7.92. The average Bonchev–Trinajstić information content (AvgIpc) is 2.84. The fourth-order valence-electron chi connectivity index (χ4n) is 1.96. The van der Waals surface area contributed by atoms with E-state index in [1.165, 1.54) is 26.1 Å². The van der Waals surface area contributed by atoms with Gasteiger partial charge in [-0.2, -0.15) is 0 Å². The number of hydrogen-bond donors (Lipinski definition) is 1. The summed E-state index contributed by atoms with van der Waals surface area (Å²) in [5.41, 5.74) is 0.288. The van der Waals surface area contributed by atoms with Crippen molar-refractivity contribution >= 4 is 21.9 Å². The highest BCUT2D eigenvalue weighted by Crippen LogP contribution is 2.48.